The van der Waals surface area contributed by atoms with E-state index in [1.807, 2.05) is 73.8 Å². The van der Waals surface area contributed by atoms with Crippen molar-refractivity contribution < 1.29 is 23.8 Å². The third-order valence-corrected chi connectivity index (χ3v) is 5.86. The van der Waals surface area contributed by atoms with Crippen molar-refractivity contribution in [3.8, 4) is 11.5 Å². The zero-order valence-corrected chi connectivity index (χ0v) is 21.2. The highest BCUT2D eigenvalue weighted by molar-refractivity contribution is 5.78. The normalized spacial score (nSPS) is 10.5. The lowest BCUT2D eigenvalue weighted by Gasteiger charge is -2.17. The Morgan fingerprint density at radius 1 is 0.694 bits per heavy atom. The van der Waals surface area contributed by atoms with Gasteiger partial charge >= 0.3 is 5.97 Å². The number of carbonyl (C=O) groups excluding carboxylic acids is 2. The minimum absolute atomic E-state index is 0.109. The van der Waals surface area contributed by atoms with Gasteiger partial charge in [0, 0.05) is 13.6 Å². The number of hydrogen-bond acceptors (Lipinski definition) is 5. The van der Waals surface area contributed by atoms with Crippen molar-refractivity contribution in [1.29, 1.82) is 0 Å². The van der Waals surface area contributed by atoms with Crippen molar-refractivity contribution in [3.05, 3.63) is 95.6 Å². The van der Waals surface area contributed by atoms with Gasteiger partial charge in [-0.25, -0.2) is 0 Å². The summed E-state index contributed by atoms with van der Waals surface area (Å²) in [5.41, 5.74) is 3.11. The number of esters is 1. The number of hydrogen-bond donors (Lipinski definition) is 0. The lowest BCUT2D eigenvalue weighted by atomic mass is 10.1. The molecule has 190 valence electrons. The Kier molecular flexibility index (Phi) is 10.8. The van der Waals surface area contributed by atoms with Crippen molar-refractivity contribution in [1.82, 2.24) is 4.90 Å². The molecule has 0 unspecified atom stereocenters. The highest BCUT2D eigenvalue weighted by Gasteiger charge is 2.10. The first kappa shape index (κ1) is 26.8. The minimum Gasteiger partial charge on any atom is -0.494 e. The van der Waals surface area contributed by atoms with Crippen LogP contribution in [0.3, 0.4) is 0 Å². The van der Waals surface area contributed by atoms with Crippen LogP contribution in [-0.2, 0) is 33.6 Å². The molecule has 3 rings (SSSR count). The number of methoxy groups -OCH3 is 1. The van der Waals surface area contributed by atoms with E-state index in [1.165, 1.54) is 12.7 Å². The van der Waals surface area contributed by atoms with Crippen LogP contribution >= 0.6 is 0 Å². The second-order valence-electron chi connectivity index (χ2n) is 8.67. The van der Waals surface area contributed by atoms with Crippen LogP contribution < -0.4 is 9.47 Å². The molecule has 3 aromatic carbocycles. The van der Waals surface area contributed by atoms with Gasteiger partial charge in [-0.15, -0.1) is 0 Å². The number of rotatable bonds is 14. The fourth-order valence-corrected chi connectivity index (χ4v) is 3.61. The van der Waals surface area contributed by atoms with Gasteiger partial charge in [0.05, 0.1) is 33.2 Å². The summed E-state index contributed by atoms with van der Waals surface area (Å²) < 4.78 is 16.2. The van der Waals surface area contributed by atoms with Crippen LogP contribution in [0.1, 0.15) is 29.5 Å². The molecular formula is C30H35NO5. The van der Waals surface area contributed by atoms with E-state index in [4.69, 9.17) is 9.47 Å². The predicted octanol–water partition coefficient (Wildman–Crippen LogP) is 4.88. The van der Waals surface area contributed by atoms with Crippen LogP contribution in [0.15, 0.2) is 78.9 Å². The third kappa shape index (κ3) is 9.45. The quantitative estimate of drug-likeness (QED) is 0.238. The zero-order chi connectivity index (χ0) is 25.6. The van der Waals surface area contributed by atoms with Gasteiger partial charge in [-0.3, -0.25) is 9.59 Å². The highest BCUT2D eigenvalue weighted by Crippen LogP contribution is 2.15. The average molecular weight is 490 g/mol. The van der Waals surface area contributed by atoms with E-state index in [1.54, 1.807) is 4.90 Å². The van der Waals surface area contributed by atoms with Gasteiger partial charge in [0.15, 0.2) is 0 Å². The first-order valence-corrected chi connectivity index (χ1v) is 12.3. The van der Waals surface area contributed by atoms with Gasteiger partial charge in [0.2, 0.25) is 5.91 Å². The molecule has 0 heterocycles. The maximum Gasteiger partial charge on any atom is 0.309 e. The number of unbranched alkanes of at least 4 members (excludes halogenated alkanes) is 1. The number of likely N-dealkylation sites (N-methyl/N-ethyl adjacent to an activating group) is 1. The highest BCUT2D eigenvalue weighted by atomic mass is 16.5. The van der Waals surface area contributed by atoms with Gasteiger partial charge in [-0.05, 0) is 60.2 Å². The summed E-state index contributed by atoms with van der Waals surface area (Å²) in [5, 5.41) is 0. The molecule has 0 saturated heterocycles. The molecule has 0 aliphatic carbocycles. The topological polar surface area (TPSA) is 65.1 Å². The van der Waals surface area contributed by atoms with Crippen LogP contribution in [-0.4, -0.2) is 50.7 Å². The maximum absolute atomic E-state index is 12.5. The Morgan fingerprint density at radius 2 is 1.22 bits per heavy atom. The molecule has 0 spiro atoms. The monoisotopic (exact) mass is 489 g/mol. The summed E-state index contributed by atoms with van der Waals surface area (Å²) in [6.07, 6.45) is 3.23. The van der Waals surface area contributed by atoms with Crippen LogP contribution in [0.25, 0.3) is 0 Å². The van der Waals surface area contributed by atoms with Gasteiger partial charge in [0.1, 0.15) is 11.5 Å². The molecular weight excluding hydrogens is 454 g/mol. The molecule has 6 heteroatoms. The van der Waals surface area contributed by atoms with Crippen LogP contribution in [0.2, 0.25) is 0 Å². The number of amides is 1. The molecule has 36 heavy (non-hydrogen) atoms. The number of nitrogens with zero attached hydrogens (tertiary/aromatic N) is 1. The maximum atomic E-state index is 12.5. The van der Waals surface area contributed by atoms with E-state index in [0.717, 1.165) is 41.9 Å². The fourth-order valence-electron chi connectivity index (χ4n) is 3.61. The molecule has 3 aromatic rings. The summed E-state index contributed by atoms with van der Waals surface area (Å²) in [7, 11) is 3.24. The van der Waals surface area contributed by atoms with E-state index in [9.17, 15) is 9.59 Å². The Bertz CT molecular complexity index is 1060. The van der Waals surface area contributed by atoms with Gasteiger partial charge in [-0.1, -0.05) is 54.6 Å². The van der Waals surface area contributed by atoms with Gasteiger partial charge < -0.3 is 19.1 Å². The average Bonchev–Trinajstić information content (AvgIpc) is 2.91. The summed E-state index contributed by atoms with van der Waals surface area (Å²) in [6, 6.07) is 25.4. The molecule has 0 radical (unpaired) electrons. The van der Waals surface area contributed by atoms with Gasteiger partial charge in [-0.2, -0.15) is 0 Å². The lowest BCUT2D eigenvalue weighted by Crippen LogP contribution is -2.30. The number of benzene rings is 3. The second-order valence-corrected chi connectivity index (χ2v) is 8.67. The molecule has 1 amide bonds. The van der Waals surface area contributed by atoms with Crippen LogP contribution in [0.5, 0.6) is 11.5 Å². The summed E-state index contributed by atoms with van der Waals surface area (Å²) in [6.45, 7) is 1.90. The SMILES string of the molecule is COC(=O)Cc1ccc(OCCCCOc2ccc(CC(=O)N(C)CCc3ccccc3)cc2)cc1. The van der Waals surface area contributed by atoms with E-state index < -0.39 is 0 Å². The second kappa shape index (κ2) is 14.6. The first-order valence-electron chi connectivity index (χ1n) is 12.3. The molecule has 0 saturated carbocycles. The van der Waals surface area contributed by atoms with Crippen molar-refractivity contribution in [3.63, 3.8) is 0 Å². The molecule has 0 N–H and O–H groups in total. The van der Waals surface area contributed by atoms with E-state index in [-0.39, 0.29) is 18.3 Å². The Morgan fingerprint density at radius 3 is 1.75 bits per heavy atom. The first-order chi connectivity index (χ1) is 17.5. The molecule has 0 fully saturated rings. The molecule has 0 aromatic heterocycles. The Hall–Kier alpha value is -3.80. The number of ether oxygens (including phenoxy) is 3. The van der Waals surface area contributed by atoms with Gasteiger partial charge in [0.25, 0.3) is 0 Å². The van der Waals surface area contributed by atoms with Crippen molar-refractivity contribution in [2.45, 2.75) is 32.1 Å². The summed E-state index contributed by atoms with van der Waals surface area (Å²) >= 11 is 0. The largest absolute Gasteiger partial charge is 0.494 e. The van der Waals surface area contributed by atoms with E-state index in [0.29, 0.717) is 26.2 Å². The molecule has 0 aliphatic heterocycles. The minimum atomic E-state index is -0.256. The van der Waals surface area contributed by atoms with E-state index in [2.05, 4.69) is 16.9 Å². The lowest BCUT2D eigenvalue weighted by molar-refractivity contribution is -0.139. The fraction of sp³-hybridized carbons (Fsp3) is 0.333. The standard InChI is InChI=1S/C30H35NO5/c1-31(19-18-24-8-4-3-5-9-24)29(32)22-25-10-14-27(15-11-25)35-20-6-7-21-36-28-16-12-26(13-17-28)23-30(33)34-2/h3-5,8-17H,6-7,18-23H2,1-2H3. The van der Waals surface area contributed by atoms with E-state index >= 15 is 0 Å². The molecule has 6 nitrogen and oxygen atoms in total. The Balaban J connectivity index is 1.29. The molecule has 0 atom stereocenters. The summed E-state index contributed by atoms with van der Waals surface area (Å²) in [4.78, 5) is 25.6. The zero-order valence-electron chi connectivity index (χ0n) is 21.2. The number of carbonyl (C=O) groups is 2. The third-order valence-electron chi connectivity index (χ3n) is 5.86. The van der Waals surface area contributed by atoms with Crippen molar-refractivity contribution >= 4 is 11.9 Å². The smallest absolute Gasteiger partial charge is 0.309 e. The van der Waals surface area contributed by atoms with Crippen molar-refractivity contribution in [2.24, 2.45) is 0 Å². The Labute approximate surface area is 213 Å². The van der Waals surface area contributed by atoms with Crippen LogP contribution in [0, 0.1) is 0 Å². The summed E-state index contributed by atoms with van der Waals surface area (Å²) in [5.74, 6) is 1.43. The molecule has 0 bridgehead atoms. The molecule has 0 aliphatic rings. The predicted molar refractivity (Wildman–Crippen MR) is 140 cm³/mol. The van der Waals surface area contributed by atoms with Crippen molar-refractivity contribution in [2.75, 3.05) is 33.9 Å². The van der Waals surface area contributed by atoms with Crippen LogP contribution in [0.4, 0.5) is 0 Å².